The summed E-state index contributed by atoms with van der Waals surface area (Å²) in [7, 11) is 0. The van der Waals surface area contributed by atoms with Gasteiger partial charge in [0.05, 0.1) is 18.8 Å². The number of nitrogens with zero attached hydrogens (tertiary/aromatic N) is 2. The first-order valence-corrected chi connectivity index (χ1v) is 6.18. The first-order chi connectivity index (χ1) is 10.7. The smallest absolute Gasteiger partial charge is 0.433 e. The molecule has 0 aromatic carbocycles. The van der Waals surface area contributed by atoms with E-state index >= 15 is 0 Å². The van der Waals surface area contributed by atoms with E-state index in [1.54, 1.807) is 24.5 Å². The third-order valence-corrected chi connectivity index (χ3v) is 2.40. The second-order valence-corrected chi connectivity index (χ2v) is 3.91. The summed E-state index contributed by atoms with van der Waals surface area (Å²) in [6.45, 7) is 0.234. The molecule has 0 saturated heterocycles. The van der Waals surface area contributed by atoms with Gasteiger partial charge in [0.25, 0.3) is 5.91 Å². The lowest BCUT2D eigenvalue weighted by Gasteiger charge is -1.99. The Labute approximate surface area is 125 Å². The van der Waals surface area contributed by atoms with Gasteiger partial charge in [-0.3, -0.25) is 19.9 Å². The third-order valence-electron chi connectivity index (χ3n) is 2.40. The van der Waals surface area contributed by atoms with Crippen molar-refractivity contribution in [1.29, 1.82) is 0 Å². The molecule has 0 fully saturated rings. The number of aromatic nitrogens is 1. The van der Waals surface area contributed by atoms with Crippen molar-refractivity contribution in [3.63, 3.8) is 0 Å². The van der Waals surface area contributed by atoms with Crippen molar-refractivity contribution in [2.45, 2.75) is 0 Å². The molecule has 22 heavy (non-hydrogen) atoms. The molecule has 0 spiro atoms. The van der Waals surface area contributed by atoms with Crippen LogP contribution in [0.15, 0.2) is 41.1 Å². The minimum Gasteiger partial charge on any atom is -0.479 e. The zero-order valence-electron chi connectivity index (χ0n) is 11.3. The van der Waals surface area contributed by atoms with Crippen LogP contribution in [-0.2, 0) is 0 Å². The number of amides is 1. The molecule has 0 atom stereocenters. The fourth-order valence-corrected chi connectivity index (χ4v) is 1.42. The third kappa shape index (κ3) is 4.35. The van der Waals surface area contributed by atoms with Crippen LogP contribution in [0.1, 0.15) is 10.6 Å². The van der Waals surface area contributed by atoms with Gasteiger partial charge in [0, 0.05) is 6.20 Å². The van der Waals surface area contributed by atoms with Crippen LogP contribution in [0.25, 0.3) is 0 Å². The Kier molecular flexibility index (Phi) is 5.09. The summed E-state index contributed by atoms with van der Waals surface area (Å²) in [6, 6.07) is 5.83. The van der Waals surface area contributed by atoms with Gasteiger partial charge in [-0.25, -0.2) is 0 Å². The van der Waals surface area contributed by atoms with Crippen molar-refractivity contribution in [1.82, 2.24) is 10.3 Å². The maximum Gasteiger partial charge on any atom is 0.433 e. The van der Waals surface area contributed by atoms with Crippen LogP contribution in [0, 0.1) is 22.0 Å². The highest BCUT2D eigenvalue weighted by atomic mass is 16.6. The number of nitrogens with one attached hydrogen (secondary N) is 1. The lowest BCUT2D eigenvalue weighted by molar-refractivity contribution is -0.402. The van der Waals surface area contributed by atoms with Crippen molar-refractivity contribution in [2.24, 2.45) is 0 Å². The van der Waals surface area contributed by atoms with Gasteiger partial charge in [-0.2, -0.15) is 0 Å². The molecule has 1 N–H and O–H groups in total. The molecule has 1 amide bonds. The molecule has 112 valence electrons. The minimum atomic E-state index is -0.716. The Morgan fingerprint density at radius 3 is 2.95 bits per heavy atom. The largest absolute Gasteiger partial charge is 0.479 e. The van der Waals surface area contributed by atoms with Gasteiger partial charge in [-0.05, 0) is 18.2 Å². The summed E-state index contributed by atoms with van der Waals surface area (Å²) in [4.78, 5) is 25.2. The fourth-order valence-electron chi connectivity index (χ4n) is 1.42. The van der Waals surface area contributed by atoms with E-state index in [2.05, 4.69) is 22.1 Å². The van der Waals surface area contributed by atoms with Crippen LogP contribution in [0.3, 0.4) is 0 Å². The van der Waals surface area contributed by atoms with Gasteiger partial charge in [0.15, 0.2) is 5.76 Å². The van der Waals surface area contributed by atoms with E-state index in [0.717, 1.165) is 6.07 Å². The molecule has 2 aromatic rings. The Balaban J connectivity index is 1.73. The minimum absolute atomic E-state index is 0.0731. The predicted octanol–water partition coefficient (Wildman–Crippen LogP) is 1.40. The van der Waals surface area contributed by atoms with E-state index in [4.69, 9.17) is 9.15 Å². The number of rotatable bonds is 5. The van der Waals surface area contributed by atoms with Gasteiger partial charge in [-0.15, -0.1) is 0 Å². The molecular weight excluding hydrogens is 290 g/mol. The summed E-state index contributed by atoms with van der Waals surface area (Å²) in [5.74, 6) is 4.80. The Hall–Kier alpha value is -3.34. The predicted molar refractivity (Wildman–Crippen MR) is 75.2 cm³/mol. The molecule has 0 bridgehead atoms. The average Bonchev–Trinajstić information content (AvgIpc) is 3.02. The Morgan fingerprint density at radius 2 is 2.27 bits per heavy atom. The zero-order chi connectivity index (χ0) is 15.8. The zero-order valence-corrected chi connectivity index (χ0v) is 11.3. The van der Waals surface area contributed by atoms with Crippen LogP contribution >= 0.6 is 0 Å². The monoisotopic (exact) mass is 301 g/mol. The molecule has 2 aromatic heterocycles. The molecule has 0 aliphatic heterocycles. The van der Waals surface area contributed by atoms with E-state index in [0.29, 0.717) is 5.75 Å². The van der Waals surface area contributed by atoms with E-state index in [1.807, 2.05) is 0 Å². The van der Waals surface area contributed by atoms with E-state index in [-0.39, 0.29) is 18.9 Å². The number of pyridine rings is 1. The number of furan rings is 1. The number of hydrogen-bond donors (Lipinski definition) is 1. The highest BCUT2D eigenvalue weighted by Crippen LogP contribution is 2.15. The van der Waals surface area contributed by atoms with Crippen molar-refractivity contribution < 1.29 is 18.9 Å². The molecular formula is C14H11N3O5. The molecule has 2 heterocycles. The summed E-state index contributed by atoms with van der Waals surface area (Å²) in [5, 5.41) is 12.9. The van der Waals surface area contributed by atoms with Crippen molar-refractivity contribution in [2.75, 3.05) is 13.2 Å². The van der Waals surface area contributed by atoms with Crippen molar-refractivity contribution >= 4 is 11.8 Å². The van der Waals surface area contributed by atoms with Crippen LogP contribution in [-0.4, -0.2) is 29.0 Å². The molecule has 2 rings (SSSR count). The summed E-state index contributed by atoms with van der Waals surface area (Å²) in [5.41, 5.74) is 0. The molecule has 0 aliphatic carbocycles. The quantitative estimate of drug-likeness (QED) is 0.508. The summed E-state index contributed by atoms with van der Waals surface area (Å²) >= 11 is 0. The lowest BCUT2D eigenvalue weighted by Crippen LogP contribution is -2.23. The second-order valence-electron chi connectivity index (χ2n) is 3.91. The van der Waals surface area contributed by atoms with Gasteiger partial charge < -0.3 is 14.5 Å². The number of ether oxygens (including phenoxy) is 1. The molecule has 0 saturated carbocycles. The number of hydrogen-bond acceptors (Lipinski definition) is 6. The van der Waals surface area contributed by atoms with Crippen LogP contribution in [0.4, 0.5) is 5.88 Å². The average molecular weight is 301 g/mol. The maximum atomic E-state index is 11.6. The van der Waals surface area contributed by atoms with Gasteiger partial charge in [-0.1, -0.05) is 11.8 Å². The highest BCUT2D eigenvalue weighted by Gasteiger charge is 2.16. The van der Waals surface area contributed by atoms with E-state index in [9.17, 15) is 14.9 Å². The maximum absolute atomic E-state index is 11.6. The first-order valence-electron chi connectivity index (χ1n) is 6.18. The standard InChI is InChI=1S/C14H11N3O5/c18-14(12-5-6-13(22-12)17(19)20)16-8-1-2-9-21-11-4-3-7-15-10-11/h3-7,10H,8-9H2,(H,16,18). The van der Waals surface area contributed by atoms with Crippen LogP contribution in [0.2, 0.25) is 0 Å². The summed E-state index contributed by atoms with van der Waals surface area (Å²) in [6.07, 6.45) is 3.19. The van der Waals surface area contributed by atoms with Crippen molar-refractivity contribution in [3.8, 4) is 17.6 Å². The molecule has 0 aliphatic rings. The topological polar surface area (TPSA) is 108 Å². The van der Waals surface area contributed by atoms with Crippen LogP contribution < -0.4 is 10.1 Å². The fraction of sp³-hybridized carbons (Fsp3) is 0.143. The van der Waals surface area contributed by atoms with Gasteiger partial charge >= 0.3 is 5.88 Å². The molecule has 8 heteroatoms. The SMILES string of the molecule is O=C(NCC#CCOc1cccnc1)c1ccc([N+](=O)[O-])o1. The molecule has 0 unspecified atom stereocenters. The number of carbonyl (C=O) groups excluding carboxylic acids is 1. The Bertz CT molecular complexity index is 715. The summed E-state index contributed by atoms with van der Waals surface area (Å²) < 4.78 is 10.0. The lowest BCUT2D eigenvalue weighted by atomic mass is 10.4. The van der Waals surface area contributed by atoms with E-state index in [1.165, 1.54) is 6.07 Å². The highest BCUT2D eigenvalue weighted by molar-refractivity contribution is 5.91. The second kappa shape index (κ2) is 7.44. The first kappa shape index (κ1) is 15.1. The Morgan fingerprint density at radius 1 is 1.41 bits per heavy atom. The van der Waals surface area contributed by atoms with Crippen LogP contribution in [0.5, 0.6) is 5.75 Å². The normalized spacial score (nSPS) is 9.45. The van der Waals surface area contributed by atoms with Crippen molar-refractivity contribution in [3.05, 3.63) is 52.5 Å². The molecule has 0 radical (unpaired) electrons. The number of carbonyl (C=O) groups is 1. The van der Waals surface area contributed by atoms with Gasteiger partial charge in [0.2, 0.25) is 0 Å². The van der Waals surface area contributed by atoms with E-state index < -0.39 is 16.7 Å². The van der Waals surface area contributed by atoms with Gasteiger partial charge in [0.1, 0.15) is 17.3 Å². The number of nitro groups is 1. The molecule has 8 nitrogen and oxygen atoms in total.